The Labute approximate surface area is 222 Å². The summed E-state index contributed by atoms with van der Waals surface area (Å²) in [6, 6.07) is 18.6. The summed E-state index contributed by atoms with van der Waals surface area (Å²) in [6.45, 7) is 5.85. The number of anilines is 2. The molecule has 1 amide bonds. The third kappa shape index (κ3) is 4.65. The third-order valence-corrected chi connectivity index (χ3v) is 6.78. The van der Waals surface area contributed by atoms with Gasteiger partial charge in [-0.1, -0.05) is 24.3 Å². The Morgan fingerprint density at radius 2 is 1.47 bits per heavy atom. The van der Waals surface area contributed by atoms with Gasteiger partial charge >= 0.3 is 0 Å². The lowest BCUT2D eigenvalue weighted by atomic mass is 9.94. The molecule has 38 heavy (non-hydrogen) atoms. The zero-order valence-corrected chi connectivity index (χ0v) is 22.2. The maximum atomic E-state index is 13.5. The second-order valence-corrected chi connectivity index (χ2v) is 8.67. The Kier molecular flexibility index (Phi) is 7.90. The molecule has 8 heteroatoms. The highest BCUT2D eigenvalue weighted by atomic mass is 16.5. The highest BCUT2D eigenvalue weighted by Gasteiger charge is 2.47. The summed E-state index contributed by atoms with van der Waals surface area (Å²) in [5, 5.41) is 11.5. The van der Waals surface area contributed by atoms with Crippen molar-refractivity contribution in [1.29, 1.82) is 0 Å². The fourth-order valence-electron chi connectivity index (χ4n) is 4.82. The van der Waals surface area contributed by atoms with Crippen molar-refractivity contribution >= 4 is 28.8 Å². The second-order valence-electron chi connectivity index (χ2n) is 8.67. The fraction of sp³-hybridized carbons (Fsp3) is 0.267. The van der Waals surface area contributed by atoms with E-state index in [1.54, 1.807) is 42.5 Å². The Balaban J connectivity index is 1.93. The Morgan fingerprint density at radius 1 is 0.842 bits per heavy atom. The van der Waals surface area contributed by atoms with E-state index in [1.807, 2.05) is 24.3 Å². The molecule has 0 spiro atoms. The van der Waals surface area contributed by atoms with E-state index in [-0.39, 0.29) is 11.3 Å². The molecule has 1 heterocycles. The highest BCUT2D eigenvalue weighted by molar-refractivity contribution is 6.52. The number of rotatable bonds is 9. The molecule has 1 N–H and O–H groups in total. The monoisotopic (exact) mass is 516 g/mol. The first-order chi connectivity index (χ1) is 18.4. The quantitative estimate of drug-likeness (QED) is 0.238. The summed E-state index contributed by atoms with van der Waals surface area (Å²) < 4.78 is 16.2. The van der Waals surface area contributed by atoms with Crippen LogP contribution in [0.1, 0.15) is 31.0 Å². The molecule has 0 aromatic heterocycles. The molecule has 0 bridgehead atoms. The van der Waals surface area contributed by atoms with E-state index in [2.05, 4.69) is 18.7 Å². The van der Waals surface area contributed by atoms with Crippen molar-refractivity contribution < 1.29 is 28.9 Å². The number of aliphatic hydroxyl groups is 1. The fourth-order valence-corrected chi connectivity index (χ4v) is 4.82. The van der Waals surface area contributed by atoms with Crippen molar-refractivity contribution in [2.24, 2.45) is 0 Å². The summed E-state index contributed by atoms with van der Waals surface area (Å²) in [7, 11) is 4.50. The number of Topliss-reactive ketones (excluding diaryl/α,β-unsaturated/α-hetero) is 1. The van der Waals surface area contributed by atoms with Crippen LogP contribution in [-0.4, -0.2) is 51.2 Å². The van der Waals surface area contributed by atoms with E-state index in [0.717, 1.165) is 18.8 Å². The number of carbonyl (C=O) groups is 2. The number of hydrogen-bond donors (Lipinski definition) is 1. The van der Waals surface area contributed by atoms with Crippen molar-refractivity contribution in [3.63, 3.8) is 0 Å². The second kappa shape index (κ2) is 11.3. The molecule has 1 aliphatic heterocycles. The largest absolute Gasteiger partial charge is 0.507 e. The summed E-state index contributed by atoms with van der Waals surface area (Å²) in [5.41, 5.74) is 2.43. The minimum absolute atomic E-state index is 0.0243. The molecule has 1 fully saturated rings. The number of methoxy groups -OCH3 is 3. The summed E-state index contributed by atoms with van der Waals surface area (Å²) >= 11 is 0. The van der Waals surface area contributed by atoms with Crippen LogP contribution in [0.5, 0.6) is 17.2 Å². The van der Waals surface area contributed by atoms with Gasteiger partial charge in [0.1, 0.15) is 11.5 Å². The van der Waals surface area contributed by atoms with Gasteiger partial charge in [-0.25, -0.2) is 0 Å². The molecular formula is C30H32N2O6. The van der Waals surface area contributed by atoms with Gasteiger partial charge in [-0.3, -0.25) is 14.5 Å². The van der Waals surface area contributed by atoms with Crippen LogP contribution in [0.2, 0.25) is 0 Å². The number of nitrogens with zero attached hydrogens (tertiary/aromatic N) is 2. The number of ketones is 1. The molecule has 4 rings (SSSR count). The molecule has 198 valence electrons. The van der Waals surface area contributed by atoms with Crippen molar-refractivity contribution in [3.8, 4) is 17.2 Å². The van der Waals surface area contributed by atoms with Crippen LogP contribution in [0, 0.1) is 0 Å². The van der Waals surface area contributed by atoms with Gasteiger partial charge in [-0.15, -0.1) is 0 Å². The van der Waals surface area contributed by atoms with Gasteiger partial charge in [-0.05, 0) is 61.9 Å². The zero-order valence-electron chi connectivity index (χ0n) is 22.2. The molecule has 1 aliphatic rings. The van der Waals surface area contributed by atoms with Crippen molar-refractivity contribution in [3.05, 3.63) is 83.4 Å². The number of ether oxygens (including phenoxy) is 3. The van der Waals surface area contributed by atoms with E-state index in [0.29, 0.717) is 34.1 Å². The van der Waals surface area contributed by atoms with Gasteiger partial charge in [0.25, 0.3) is 11.7 Å². The van der Waals surface area contributed by atoms with Crippen molar-refractivity contribution in [2.75, 3.05) is 44.2 Å². The SMILES string of the molecule is CCN(CC)c1ccc(C2/C(=C(/O)c3ccc(OC)c(OC)c3)C(=O)C(=O)N2c2ccccc2OC)cc1. The topological polar surface area (TPSA) is 88.5 Å². The zero-order chi connectivity index (χ0) is 27.4. The van der Waals surface area contributed by atoms with Gasteiger partial charge in [0.05, 0.1) is 38.6 Å². The molecule has 0 saturated carbocycles. The smallest absolute Gasteiger partial charge is 0.300 e. The molecule has 1 saturated heterocycles. The lowest BCUT2D eigenvalue weighted by Gasteiger charge is -2.27. The first kappa shape index (κ1) is 26.6. The molecule has 8 nitrogen and oxygen atoms in total. The van der Waals surface area contributed by atoms with Gasteiger partial charge in [0.15, 0.2) is 11.5 Å². The van der Waals surface area contributed by atoms with Crippen LogP contribution in [0.3, 0.4) is 0 Å². The van der Waals surface area contributed by atoms with E-state index >= 15 is 0 Å². The number of amides is 1. The molecule has 3 aromatic rings. The molecule has 1 unspecified atom stereocenters. The minimum Gasteiger partial charge on any atom is -0.507 e. The van der Waals surface area contributed by atoms with E-state index < -0.39 is 17.7 Å². The van der Waals surface area contributed by atoms with E-state index in [1.165, 1.54) is 26.2 Å². The molecule has 0 radical (unpaired) electrons. The minimum atomic E-state index is -0.884. The van der Waals surface area contributed by atoms with Crippen LogP contribution < -0.4 is 24.0 Å². The predicted octanol–water partition coefficient (Wildman–Crippen LogP) is 5.18. The van der Waals surface area contributed by atoms with Gasteiger partial charge < -0.3 is 24.2 Å². The van der Waals surface area contributed by atoms with E-state index in [4.69, 9.17) is 14.2 Å². The number of para-hydroxylation sites is 2. The Hall–Kier alpha value is -4.46. The van der Waals surface area contributed by atoms with Crippen LogP contribution in [-0.2, 0) is 9.59 Å². The van der Waals surface area contributed by atoms with Gasteiger partial charge in [0, 0.05) is 24.3 Å². The lowest BCUT2D eigenvalue weighted by Crippen LogP contribution is -2.30. The predicted molar refractivity (Wildman–Crippen MR) is 147 cm³/mol. The molecule has 0 aliphatic carbocycles. The van der Waals surface area contributed by atoms with Crippen molar-refractivity contribution in [1.82, 2.24) is 0 Å². The van der Waals surface area contributed by atoms with Crippen LogP contribution in [0.15, 0.2) is 72.3 Å². The maximum absolute atomic E-state index is 13.5. The molecular weight excluding hydrogens is 484 g/mol. The van der Waals surface area contributed by atoms with Crippen LogP contribution in [0.4, 0.5) is 11.4 Å². The summed E-state index contributed by atoms with van der Waals surface area (Å²) in [5.74, 6) is -0.558. The standard InChI is InChI=1S/C30H32N2O6/c1-6-31(7-2)21-15-12-19(13-16-21)27-26(28(33)20-14-17-24(37-4)25(18-20)38-5)29(34)30(35)32(27)22-10-8-9-11-23(22)36-3/h8-18,27,33H,6-7H2,1-5H3/b28-26-. The highest BCUT2D eigenvalue weighted by Crippen LogP contribution is 2.45. The number of carbonyl (C=O) groups excluding carboxylic acids is 2. The number of aliphatic hydroxyl groups excluding tert-OH is 1. The normalized spacial score (nSPS) is 16.4. The van der Waals surface area contributed by atoms with Crippen molar-refractivity contribution in [2.45, 2.75) is 19.9 Å². The van der Waals surface area contributed by atoms with Gasteiger partial charge in [-0.2, -0.15) is 0 Å². The number of hydrogen-bond acceptors (Lipinski definition) is 7. The van der Waals surface area contributed by atoms with Crippen LogP contribution >= 0.6 is 0 Å². The Bertz CT molecular complexity index is 1360. The molecule has 1 atom stereocenters. The van der Waals surface area contributed by atoms with Crippen LogP contribution in [0.25, 0.3) is 5.76 Å². The lowest BCUT2D eigenvalue weighted by molar-refractivity contribution is -0.132. The maximum Gasteiger partial charge on any atom is 0.300 e. The first-order valence-corrected chi connectivity index (χ1v) is 12.4. The Morgan fingerprint density at radius 3 is 2.08 bits per heavy atom. The number of benzene rings is 3. The third-order valence-electron chi connectivity index (χ3n) is 6.78. The van der Waals surface area contributed by atoms with E-state index in [9.17, 15) is 14.7 Å². The molecule has 3 aromatic carbocycles. The summed E-state index contributed by atoms with van der Waals surface area (Å²) in [6.07, 6.45) is 0. The first-order valence-electron chi connectivity index (χ1n) is 12.4. The average molecular weight is 517 g/mol. The van der Waals surface area contributed by atoms with Gasteiger partial charge in [0.2, 0.25) is 0 Å². The summed E-state index contributed by atoms with van der Waals surface area (Å²) in [4.78, 5) is 30.6. The average Bonchev–Trinajstić information content (AvgIpc) is 3.22.